The molecule has 0 radical (unpaired) electrons. The summed E-state index contributed by atoms with van der Waals surface area (Å²) in [6.07, 6.45) is 8.95. The predicted molar refractivity (Wildman–Crippen MR) is 139 cm³/mol. The molecule has 2 fully saturated rings. The van der Waals surface area contributed by atoms with E-state index in [1.807, 2.05) is 0 Å². The topological polar surface area (TPSA) is 49.8 Å². The van der Waals surface area contributed by atoms with Crippen LogP contribution in [0.5, 0.6) is 5.75 Å². The lowest BCUT2D eigenvalue weighted by atomic mass is 9.69. The fourth-order valence-corrected chi connectivity index (χ4v) is 6.13. The van der Waals surface area contributed by atoms with Crippen LogP contribution in [0, 0.1) is 17.3 Å². The summed E-state index contributed by atoms with van der Waals surface area (Å²) in [6.45, 7) is 11.1. The highest BCUT2D eigenvalue weighted by molar-refractivity contribution is 5.84. The summed E-state index contributed by atoms with van der Waals surface area (Å²) in [5.74, 6) is 0.973. The molecule has 1 heterocycles. The first-order chi connectivity index (χ1) is 16.3. The van der Waals surface area contributed by atoms with Crippen LogP contribution in [-0.4, -0.2) is 35.2 Å². The molecule has 4 heteroatoms. The van der Waals surface area contributed by atoms with Crippen LogP contribution in [0.3, 0.4) is 0 Å². The highest BCUT2D eigenvalue weighted by Gasteiger charge is 2.32. The minimum Gasteiger partial charge on any atom is -0.490 e. The number of likely N-dealkylation sites (tertiary alicyclic amines) is 1. The van der Waals surface area contributed by atoms with Gasteiger partial charge in [-0.2, -0.15) is 0 Å². The third-order valence-corrected chi connectivity index (χ3v) is 8.92. The summed E-state index contributed by atoms with van der Waals surface area (Å²) in [6, 6.07) is 13.7. The van der Waals surface area contributed by atoms with Gasteiger partial charge in [-0.25, -0.2) is 0 Å². The van der Waals surface area contributed by atoms with E-state index >= 15 is 0 Å². The van der Waals surface area contributed by atoms with Crippen LogP contribution in [0.15, 0.2) is 36.4 Å². The van der Waals surface area contributed by atoms with E-state index in [-0.39, 0.29) is 5.92 Å². The molecule has 1 aliphatic carbocycles. The molecule has 2 aromatic carbocycles. The first-order valence-corrected chi connectivity index (χ1v) is 13.5. The first-order valence-electron chi connectivity index (χ1n) is 13.5. The van der Waals surface area contributed by atoms with Crippen LogP contribution in [0.1, 0.15) is 90.7 Å². The number of aliphatic carboxylic acids is 1. The first kappa shape index (κ1) is 25.0. The zero-order valence-electron chi connectivity index (χ0n) is 21.6. The molecule has 0 bridgehead atoms. The Balaban J connectivity index is 1.39. The fraction of sp³-hybridized carbons (Fsp3) is 0.633. The van der Waals surface area contributed by atoms with Gasteiger partial charge in [-0.15, -0.1) is 0 Å². The zero-order valence-corrected chi connectivity index (χ0v) is 21.6. The second-order valence-corrected chi connectivity index (χ2v) is 11.3. The van der Waals surface area contributed by atoms with Crippen molar-refractivity contribution < 1.29 is 14.6 Å². The maximum absolute atomic E-state index is 11.3. The van der Waals surface area contributed by atoms with Gasteiger partial charge in [-0.05, 0) is 104 Å². The Morgan fingerprint density at radius 2 is 1.65 bits per heavy atom. The standard InChI is InChI=1S/C30H43NO3/c1-5-28(31-17-15-21(16-18-31)29(32)33)24-8-7-23-20-27(12-9-22(23)19-24)34-26-13-10-25(11-14-26)30(3,4)6-2/h7-9,12,19-21,25-26,28H,5-6,10-11,13-18H2,1-4H3,(H,32,33). The van der Waals surface area contributed by atoms with Gasteiger partial charge in [0.2, 0.25) is 0 Å². The molecule has 1 atom stereocenters. The Hall–Kier alpha value is -2.07. The normalized spacial score (nSPS) is 23.6. The van der Waals surface area contributed by atoms with Crippen molar-refractivity contribution in [1.29, 1.82) is 0 Å². The SMILES string of the molecule is CCC(c1ccc2cc(OC3CCC(C(C)(C)CC)CC3)ccc2c1)N1CCC(C(=O)O)CC1. The quantitative estimate of drug-likeness (QED) is 0.439. The summed E-state index contributed by atoms with van der Waals surface area (Å²) < 4.78 is 6.43. The molecular weight excluding hydrogens is 422 g/mol. The molecule has 4 nitrogen and oxygen atoms in total. The number of benzene rings is 2. The lowest BCUT2D eigenvalue weighted by Gasteiger charge is -2.38. The van der Waals surface area contributed by atoms with Gasteiger partial charge in [0.05, 0.1) is 12.0 Å². The molecule has 0 amide bonds. The number of fused-ring (bicyclic) bond motifs is 1. The second-order valence-electron chi connectivity index (χ2n) is 11.3. The molecule has 1 N–H and O–H groups in total. The van der Waals surface area contributed by atoms with Gasteiger partial charge in [0, 0.05) is 6.04 Å². The Bertz CT molecular complexity index is 968. The number of carboxylic acid groups (broad SMARTS) is 1. The number of nitrogens with zero attached hydrogens (tertiary/aromatic N) is 1. The van der Waals surface area contributed by atoms with E-state index in [1.54, 1.807) is 0 Å². The highest BCUT2D eigenvalue weighted by atomic mass is 16.5. The number of rotatable bonds is 8. The Morgan fingerprint density at radius 1 is 1.00 bits per heavy atom. The monoisotopic (exact) mass is 465 g/mol. The van der Waals surface area contributed by atoms with Gasteiger partial charge < -0.3 is 9.84 Å². The van der Waals surface area contributed by atoms with E-state index in [9.17, 15) is 9.90 Å². The van der Waals surface area contributed by atoms with Crippen molar-refractivity contribution in [3.63, 3.8) is 0 Å². The summed E-state index contributed by atoms with van der Waals surface area (Å²) in [4.78, 5) is 13.8. The van der Waals surface area contributed by atoms with E-state index in [1.165, 1.54) is 35.6 Å². The van der Waals surface area contributed by atoms with Gasteiger partial charge >= 0.3 is 5.97 Å². The maximum atomic E-state index is 11.3. The van der Waals surface area contributed by atoms with E-state index in [4.69, 9.17) is 4.74 Å². The van der Waals surface area contributed by atoms with Crippen molar-refractivity contribution in [2.24, 2.45) is 17.3 Å². The van der Waals surface area contributed by atoms with Gasteiger partial charge in [-0.3, -0.25) is 9.69 Å². The highest BCUT2D eigenvalue weighted by Crippen LogP contribution is 2.41. The summed E-state index contributed by atoms with van der Waals surface area (Å²) in [7, 11) is 0. The number of hydrogen-bond donors (Lipinski definition) is 1. The lowest BCUT2D eigenvalue weighted by molar-refractivity contribution is -0.143. The van der Waals surface area contributed by atoms with Crippen molar-refractivity contribution in [2.45, 2.75) is 91.2 Å². The van der Waals surface area contributed by atoms with Crippen LogP contribution >= 0.6 is 0 Å². The number of piperidine rings is 1. The van der Waals surface area contributed by atoms with Crippen molar-refractivity contribution >= 4 is 16.7 Å². The van der Waals surface area contributed by atoms with Gasteiger partial charge in [0.15, 0.2) is 0 Å². The summed E-state index contributed by atoms with van der Waals surface area (Å²) in [5.41, 5.74) is 1.77. The molecule has 34 heavy (non-hydrogen) atoms. The number of ether oxygens (including phenoxy) is 1. The smallest absolute Gasteiger partial charge is 0.306 e. The van der Waals surface area contributed by atoms with Crippen molar-refractivity contribution in [1.82, 2.24) is 4.90 Å². The van der Waals surface area contributed by atoms with E-state index in [0.29, 0.717) is 17.6 Å². The van der Waals surface area contributed by atoms with Gasteiger partial charge in [0.25, 0.3) is 0 Å². The van der Waals surface area contributed by atoms with Crippen LogP contribution in [0.2, 0.25) is 0 Å². The van der Waals surface area contributed by atoms with Gasteiger partial charge in [-0.1, -0.05) is 52.3 Å². The van der Waals surface area contributed by atoms with Crippen LogP contribution in [0.4, 0.5) is 0 Å². The maximum Gasteiger partial charge on any atom is 0.306 e. The van der Waals surface area contributed by atoms with Crippen molar-refractivity contribution in [3.8, 4) is 5.75 Å². The number of hydrogen-bond acceptors (Lipinski definition) is 3. The van der Waals surface area contributed by atoms with E-state index in [2.05, 4.69) is 69.0 Å². The number of carboxylic acids is 1. The average Bonchev–Trinajstić information content (AvgIpc) is 2.85. The largest absolute Gasteiger partial charge is 0.490 e. The lowest BCUT2D eigenvalue weighted by Crippen LogP contribution is -2.38. The minimum absolute atomic E-state index is 0.183. The van der Waals surface area contributed by atoms with E-state index in [0.717, 1.165) is 56.9 Å². The van der Waals surface area contributed by atoms with Crippen molar-refractivity contribution in [2.75, 3.05) is 13.1 Å². The molecule has 2 aromatic rings. The molecule has 4 rings (SSSR count). The Morgan fingerprint density at radius 3 is 2.26 bits per heavy atom. The van der Waals surface area contributed by atoms with Gasteiger partial charge in [0.1, 0.15) is 5.75 Å². The number of carbonyl (C=O) groups is 1. The van der Waals surface area contributed by atoms with E-state index < -0.39 is 5.97 Å². The summed E-state index contributed by atoms with van der Waals surface area (Å²) >= 11 is 0. The molecular formula is C30H43NO3. The fourth-order valence-electron chi connectivity index (χ4n) is 6.13. The molecule has 1 saturated carbocycles. The zero-order chi connectivity index (χ0) is 24.3. The molecule has 0 aromatic heterocycles. The Kier molecular flexibility index (Phi) is 7.87. The van der Waals surface area contributed by atoms with Crippen LogP contribution < -0.4 is 4.74 Å². The minimum atomic E-state index is -0.644. The molecule has 1 aliphatic heterocycles. The third-order valence-electron chi connectivity index (χ3n) is 8.92. The average molecular weight is 466 g/mol. The van der Waals surface area contributed by atoms with Crippen LogP contribution in [-0.2, 0) is 4.79 Å². The predicted octanol–water partition coefficient (Wildman–Crippen LogP) is 7.46. The molecule has 186 valence electrons. The third kappa shape index (κ3) is 5.59. The molecule has 0 spiro atoms. The molecule has 1 saturated heterocycles. The molecule has 2 aliphatic rings. The second kappa shape index (κ2) is 10.7. The molecule has 1 unspecified atom stereocenters. The summed E-state index contributed by atoms with van der Waals surface area (Å²) in [5, 5.41) is 11.8. The Labute approximate surface area is 205 Å². The van der Waals surface area contributed by atoms with Crippen LogP contribution in [0.25, 0.3) is 10.8 Å². The van der Waals surface area contributed by atoms with Crippen molar-refractivity contribution in [3.05, 3.63) is 42.0 Å².